The smallest absolute Gasteiger partial charge is 0.0923 e. The number of halogens is 1. The summed E-state index contributed by atoms with van der Waals surface area (Å²) in [6.45, 7) is 0.989. The Morgan fingerprint density at radius 1 is 1.50 bits per heavy atom. The van der Waals surface area contributed by atoms with E-state index in [0.717, 1.165) is 12.8 Å². The van der Waals surface area contributed by atoms with Crippen LogP contribution in [0, 0.1) is 10.8 Å². The molecule has 58 valence electrons. The lowest BCUT2D eigenvalue weighted by atomic mass is 10.00. The maximum absolute atomic E-state index is 12.0. The molecule has 1 heterocycles. The molecule has 1 aliphatic rings. The van der Waals surface area contributed by atoms with Gasteiger partial charge in [0, 0.05) is 13.1 Å². The van der Waals surface area contributed by atoms with Gasteiger partial charge in [0.25, 0.3) is 0 Å². The first-order valence-electron chi connectivity index (χ1n) is 3.51. The first kappa shape index (κ1) is 7.44. The van der Waals surface area contributed by atoms with Crippen LogP contribution in [-0.2, 0) is 0 Å². The van der Waals surface area contributed by atoms with E-state index in [9.17, 15) is 9.30 Å². The highest BCUT2D eigenvalue weighted by Gasteiger charge is 2.17. The van der Waals surface area contributed by atoms with E-state index in [-0.39, 0.29) is 12.6 Å². The number of alkyl halides is 1. The van der Waals surface area contributed by atoms with Gasteiger partial charge < -0.3 is 0 Å². The number of nitrogens with zero attached hydrogens (tertiary/aromatic N) is 2. The summed E-state index contributed by atoms with van der Waals surface area (Å²) in [5.41, 5.74) is 0. The van der Waals surface area contributed by atoms with E-state index in [0.29, 0.717) is 13.1 Å². The van der Waals surface area contributed by atoms with E-state index < -0.39 is 0 Å². The molecule has 0 saturated carbocycles. The van der Waals surface area contributed by atoms with Crippen LogP contribution in [0.15, 0.2) is 5.29 Å². The summed E-state index contributed by atoms with van der Waals surface area (Å²) in [6.07, 6.45) is 1.53. The third-order valence-corrected chi connectivity index (χ3v) is 1.92. The normalized spacial score (nSPS) is 21.1. The van der Waals surface area contributed by atoms with Crippen molar-refractivity contribution in [1.82, 2.24) is 5.01 Å². The zero-order valence-corrected chi connectivity index (χ0v) is 5.79. The van der Waals surface area contributed by atoms with Crippen LogP contribution in [0.3, 0.4) is 0 Å². The maximum Gasteiger partial charge on any atom is 0.0923 e. The molecule has 1 rings (SSSR count). The lowest BCUT2D eigenvalue weighted by Crippen LogP contribution is -2.29. The van der Waals surface area contributed by atoms with Gasteiger partial charge in [-0.25, -0.2) is 0 Å². The SMILES string of the molecule is O=NN1CCC(CF)CC1. The first-order chi connectivity index (χ1) is 4.86. The number of piperidine rings is 1. The van der Waals surface area contributed by atoms with Crippen molar-refractivity contribution in [2.75, 3.05) is 19.8 Å². The molecule has 1 aliphatic heterocycles. The Kier molecular flexibility index (Phi) is 2.59. The molecule has 0 aromatic carbocycles. The molecule has 0 amide bonds. The van der Waals surface area contributed by atoms with Crippen molar-refractivity contribution < 1.29 is 4.39 Å². The minimum Gasteiger partial charge on any atom is -0.261 e. The second kappa shape index (κ2) is 3.49. The molecule has 1 saturated heterocycles. The van der Waals surface area contributed by atoms with Gasteiger partial charge in [0.1, 0.15) is 0 Å². The van der Waals surface area contributed by atoms with Crippen molar-refractivity contribution in [3.8, 4) is 0 Å². The Hall–Kier alpha value is -0.670. The molecule has 0 bridgehead atoms. The molecular formula is C6H11FN2O. The predicted molar refractivity (Wildman–Crippen MR) is 36.1 cm³/mol. The second-order valence-corrected chi connectivity index (χ2v) is 2.63. The maximum atomic E-state index is 12.0. The molecule has 0 aromatic rings. The Labute approximate surface area is 59.1 Å². The van der Waals surface area contributed by atoms with E-state index in [2.05, 4.69) is 5.29 Å². The van der Waals surface area contributed by atoms with Crippen molar-refractivity contribution in [3.63, 3.8) is 0 Å². The Morgan fingerprint density at radius 3 is 2.50 bits per heavy atom. The van der Waals surface area contributed by atoms with Gasteiger partial charge in [0.05, 0.1) is 12.0 Å². The fourth-order valence-corrected chi connectivity index (χ4v) is 1.16. The molecule has 3 nitrogen and oxygen atoms in total. The third-order valence-electron chi connectivity index (χ3n) is 1.92. The van der Waals surface area contributed by atoms with Gasteiger partial charge in [-0.05, 0) is 18.8 Å². The number of hydrogen-bond acceptors (Lipinski definition) is 2. The summed E-state index contributed by atoms with van der Waals surface area (Å²) in [5.74, 6) is 0.165. The number of hydrogen-bond donors (Lipinski definition) is 0. The predicted octanol–water partition coefficient (Wildman–Crippen LogP) is 1.35. The lowest BCUT2D eigenvalue weighted by Gasteiger charge is -2.25. The average molecular weight is 146 g/mol. The molecule has 0 radical (unpaired) electrons. The van der Waals surface area contributed by atoms with E-state index in [1.807, 2.05) is 0 Å². The largest absolute Gasteiger partial charge is 0.261 e. The third kappa shape index (κ3) is 1.65. The molecule has 0 unspecified atom stereocenters. The van der Waals surface area contributed by atoms with E-state index in [1.54, 1.807) is 0 Å². The summed E-state index contributed by atoms with van der Waals surface area (Å²) in [5, 5.41) is 4.23. The Bertz CT molecular complexity index is 112. The Balaban J connectivity index is 2.23. The van der Waals surface area contributed by atoms with Gasteiger partial charge in [-0.1, -0.05) is 0 Å². The van der Waals surface area contributed by atoms with Gasteiger partial charge in [-0.3, -0.25) is 9.40 Å². The minimum absolute atomic E-state index is 0.165. The van der Waals surface area contributed by atoms with Crippen molar-refractivity contribution in [3.05, 3.63) is 4.91 Å². The monoisotopic (exact) mass is 146 g/mol. The summed E-state index contributed by atoms with van der Waals surface area (Å²) in [7, 11) is 0. The van der Waals surface area contributed by atoms with Crippen LogP contribution in [0.5, 0.6) is 0 Å². The van der Waals surface area contributed by atoms with Crippen LogP contribution >= 0.6 is 0 Å². The first-order valence-corrected chi connectivity index (χ1v) is 3.51. The molecule has 0 aliphatic carbocycles. The number of nitroso groups, excluding NO2 is 1. The molecule has 4 heteroatoms. The molecule has 1 fully saturated rings. The average Bonchev–Trinajstić information content (AvgIpc) is 2.05. The van der Waals surface area contributed by atoms with Gasteiger partial charge in [-0.2, -0.15) is 0 Å². The van der Waals surface area contributed by atoms with Gasteiger partial charge in [0.15, 0.2) is 0 Å². The summed E-state index contributed by atoms with van der Waals surface area (Å²) in [4.78, 5) is 9.94. The summed E-state index contributed by atoms with van der Waals surface area (Å²) in [6, 6.07) is 0. The van der Waals surface area contributed by atoms with Crippen LogP contribution in [0.4, 0.5) is 4.39 Å². The van der Waals surface area contributed by atoms with Crippen LogP contribution in [0.2, 0.25) is 0 Å². The quantitative estimate of drug-likeness (QED) is 0.551. The topological polar surface area (TPSA) is 32.7 Å². The van der Waals surface area contributed by atoms with Gasteiger partial charge in [0.2, 0.25) is 0 Å². The second-order valence-electron chi connectivity index (χ2n) is 2.63. The summed E-state index contributed by atoms with van der Waals surface area (Å²) >= 11 is 0. The Morgan fingerprint density at radius 2 is 2.10 bits per heavy atom. The molecular weight excluding hydrogens is 135 g/mol. The van der Waals surface area contributed by atoms with Crippen LogP contribution < -0.4 is 0 Å². The van der Waals surface area contributed by atoms with Gasteiger partial charge in [-0.15, -0.1) is 4.91 Å². The number of rotatable bonds is 2. The van der Waals surface area contributed by atoms with Crippen molar-refractivity contribution in [2.45, 2.75) is 12.8 Å². The highest BCUT2D eigenvalue weighted by molar-refractivity contribution is 4.68. The molecule has 0 aromatic heterocycles. The minimum atomic E-state index is -0.257. The van der Waals surface area contributed by atoms with Gasteiger partial charge >= 0.3 is 0 Å². The molecule has 0 N–H and O–H groups in total. The van der Waals surface area contributed by atoms with E-state index in [4.69, 9.17) is 0 Å². The molecule has 0 atom stereocenters. The fourth-order valence-electron chi connectivity index (χ4n) is 1.16. The molecule has 10 heavy (non-hydrogen) atoms. The highest BCUT2D eigenvalue weighted by atomic mass is 19.1. The van der Waals surface area contributed by atoms with Crippen LogP contribution in [0.1, 0.15) is 12.8 Å². The van der Waals surface area contributed by atoms with Crippen molar-refractivity contribution in [2.24, 2.45) is 11.2 Å². The standard InChI is InChI=1S/C6H11FN2O/c7-5-6-1-3-9(8-10)4-2-6/h6H,1-5H2. The fraction of sp³-hybridized carbons (Fsp3) is 1.00. The van der Waals surface area contributed by atoms with Crippen LogP contribution in [-0.4, -0.2) is 24.8 Å². The zero-order valence-electron chi connectivity index (χ0n) is 5.79. The van der Waals surface area contributed by atoms with Crippen LogP contribution in [0.25, 0.3) is 0 Å². The van der Waals surface area contributed by atoms with Crippen molar-refractivity contribution >= 4 is 0 Å². The van der Waals surface area contributed by atoms with E-state index in [1.165, 1.54) is 5.01 Å². The lowest BCUT2D eigenvalue weighted by molar-refractivity contribution is 0.168. The van der Waals surface area contributed by atoms with Crippen molar-refractivity contribution in [1.29, 1.82) is 0 Å². The highest BCUT2D eigenvalue weighted by Crippen LogP contribution is 2.16. The molecule has 0 spiro atoms. The summed E-state index contributed by atoms with van der Waals surface area (Å²) < 4.78 is 12.0. The zero-order chi connectivity index (χ0) is 7.40. The van der Waals surface area contributed by atoms with E-state index >= 15 is 0 Å².